The largest absolute Gasteiger partial charge is 0.508 e. The maximum atomic E-state index is 12.6. The number of nitrogens with zero attached hydrogens (tertiary/aromatic N) is 2. The minimum Gasteiger partial charge on any atom is -0.508 e. The van der Waals surface area contributed by atoms with E-state index in [4.69, 9.17) is 4.52 Å². The highest BCUT2D eigenvalue weighted by Crippen LogP contribution is 2.40. The molecule has 0 spiro atoms. The summed E-state index contributed by atoms with van der Waals surface area (Å²) in [5.74, 6) is 1.38. The molecule has 7 nitrogen and oxygen atoms in total. The standard InChI is InChI=1S/C22H27N3O4/c1-14-12-17(23-22(28)19-13-20(29-24-19)16-5-6-16)10-11-25(14)21(27)9-4-15-2-7-18(26)8-3-15/h2-3,7-8,13-14,16-17,26H,4-6,9-12H2,1H3,(H,23,28). The molecule has 1 saturated heterocycles. The predicted octanol–water partition coefficient (Wildman–Crippen LogP) is 3.00. The summed E-state index contributed by atoms with van der Waals surface area (Å²) in [5, 5.41) is 16.3. The van der Waals surface area contributed by atoms with Gasteiger partial charge in [0, 0.05) is 37.0 Å². The number of phenolic OH excluding ortho intramolecular Hbond substituents is 1. The smallest absolute Gasteiger partial charge is 0.273 e. The lowest BCUT2D eigenvalue weighted by atomic mass is 9.97. The van der Waals surface area contributed by atoms with Gasteiger partial charge in [-0.05, 0) is 56.7 Å². The minimum atomic E-state index is -0.204. The maximum Gasteiger partial charge on any atom is 0.273 e. The van der Waals surface area contributed by atoms with Crippen molar-refractivity contribution in [1.29, 1.82) is 0 Å². The molecule has 1 aliphatic heterocycles. The normalized spacial score (nSPS) is 21.8. The Balaban J connectivity index is 1.25. The lowest BCUT2D eigenvalue weighted by Gasteiger charge is -2.38. The fourth-order valence-electron chi connectivity index (χ4n) is 3.95. The molecule has 2 unspecified atom stereocenters. The van der Waals surface area contributed by atoms with Crippen LogP contribution >= 0.6 is 0 Å². The molecule has 1 aromatic carbocycles. The van der Waals surface area contributed by atoms with Gasteiger partial charge < -0.3 is 19.8 Å². The zero-order valence-corrected chi connectivity index (χ0v) is 16.6. The van der Waals surface area contributed by atoms with Gasteiger partial charge in [-0.25, -0.2) is 0 Å². The molecule has 29 heavy (non-hydrogen) atoms. The van der Waals surface area contributed by atoms with E-state index < -0.39 is 0 Å². The molecule has 2 fully saturated rings. The average molecular weight is 397 g/mol. The average Bonchev–Trinajstić information content (AvgIpc) is 3.44. The summed E-state index contributed by atoms with van der Waals surface area (Å²) in [6.07, 6.45) is 4.76. The molecule has 2 atom stereocenters. The van der Waals surface area contributed by atoms with E-state index in [-0.39, 0.29) is 29.6 Å². The molecule has 0 bridgehead atoms. The van der Waals surface area contributed by atoms with Gasteiger partial charge in [0.25, 0.3) is 5.91 Å². The van der Waals surface area contributed by atoms with Crippen molar-refractivity contribution in [3.63, 3.8) is 0 Å². The molecule has 0 radical (unpaired) electrons. The Morgan fingerprint density at radius 3 is 2.69 bits per heavy atom. The number of nitrogens with one attached hydrogen (secondary N) is 1. The van der Waals surface area contributed by atoms with Crippen molar-refractivity contribution < 1.29 is 19.2 Å². The molecule has 7 heteroatoms. The first kappa shape index (κ1) is 19.5. The number of carbonyl (C=O) groups is 2. The van der Waals surface area contributed by atoms with Gasteiger partial charge in [0.05, 0.1) is 0 Å². The predicted molar refractivity (Wildman–Crippen MR) is 107 cm³/mol. The van der Waals surface area contributed by atoms with Gasteiger partial charge >= 0.3 is 0 Å². The zero-order chi connectivity index (χ0) is 20.4. The van der Waals surface area contributed by atoms with Crippen LogP contribution in [0.15, 0.2) is 34.9 Å². The first-order valence-electron chi connectivity index (χ1n) is 10.3. The van der Waals surface area contributed by atoms with Gasteiger partial charge in [-0.3, -0.25) is 9.59 Å². The summed E-state index contributed by atoms with van der Waals surface area (Å²) in [6.45, 7) is 2.66. The third-order valence-corrected chi connectivity index (χ3v) is 5.84. The van der Waals surface area contributed by atoms with E-state index >= 15 is 0 Å². The Hall–Kier alpha value is -2.83. The number of amides is 2. The van der Waals surface area contributed by atoms with Crippen molar-refractivity contribution >= 4 is 11.8 Å². The van der Waals surface area contributed by atoms with Crippen LogP contribution in [0, 0.1) is 0 Å². The lowest BCUT2D eigenvalue weighted by molar-refractivity contribution is -0.134. The molecule has 2 N–H and O–H groups in total. The number of aryl methyl sites for hydroxylation is 1. The number of hydrogen-bond acceptors (Lipinski definition) is 5. The van der Waals surface area contributed by atoms with Crippen LogP contribution in [-0.4, -0.2) is 45.6 Å². The lowest BCUT2D eigenvalue weighted by Crippen LogP contribution is -2.51. The van der Waals surface area contributed by atoms with Gasteiger partial charge in [-0.2, -0.15) is 0 Å². The van der Waals surface area contributed by atoms with E-state index in [1.165, 1.54) is 0 Å². The fraction of sp³-hybridized carbons (Fsp3) is 0.500. The van der Waals surface area contributed by atoms with Crippen LogP contribution in [0.4, 0.5) is 0 Å². The number of carbonyl (C=O) groups excluding carboxylic acids is 2. The highest BCUT2D eigenvalue weighted by molar-refractivity contribution is 5.92. The SMILES string of the molecule is CC1CC(NC(=O)c2cc(C3CC3)on2)CCN1C(=O)CCc1ccc(O)cc1. The van der Waals surface area contributed by atoms with Crippen LogP contribution in [0.1, 0.15) is 66.8 Å². The molecule has 2 aromatic rings. The highest BCUT2D eigenvalue weighted by Gasteiger charge is 2.31. The molecule has 1 saturated carbocycles. The fourth-order valence-corrected chi connectivity index (χ4v) is 3.95. The van der Waals surface area contributed by atoms with Crippen molar-refractivity contribution in [2.75, 3.05) is 6.54 Å². The number of aromatic hydroxyl groups is 1. The molecule has 2 amide bonds. The second-order valence-electron chi connectivity index (χ2n) is 8.19. The van der Waals surface area contributed by atoms with E-state index in [1.54, 1.807) is 18.2 Å². The zero-order valence-electron chi connectivity index (χ0n) is 16.6. The van der Waals surface area contributed by atoms with E-state index in [0.29, 0.717) is 31.0 Å². The van der Waals surface area contributed by atoms with E-state index in [2.05, 4.69) is 10.5 Å². The van der Waals surface area contributed by atoms with E-state index in [1.807, 2.05) is 24.0 Å². The van der Waals surface area contributed by atoms with Crippen molar-refractivity contribution in [3.8, 4) is 5.75 Å². The summed E-state index contributed by atoms with van der Waals surface area (Å²) in [6, 6.07) is 8.80. The highest BCUT2D eigenvalue weighted by atomic mass is 16.5. The Morgan fingerprint density at radius 2 is 2.00 bits per heavy atom. The second-order valence-corrected chi connectivity index (χ2v) is 8.19. The maximum absolute atomic E-state index is 12.6. The number of aromatic nitrogens is 1. The molecule has 1 aliphatic carbocycles. The summed E-state index contributed by atoms with van der Waals surface area (Å²) in [4.78, 5) is 27.0. The Morgan fingerprint density at radius 1 is 1.24 bits per heavy atom. The first-order chi connectivity index (χ1) is 14.0. The van der Waals surface area contributed by atoms with Gasteiger partial charge in [-0.15, -0.1) is 0 Å². The monoisotopic (exact) mass is 397 g/mol. The number of rotatable bonds is 6. The van der Waals surface area contributed by atoms with Crippen LogP contribution in [0.5, 0.6) is 5.75 Å². The molecular formula is C22H27N3O4. The first-order valence-corrected chi connectivity index (χ1v) is 10.3. The second kappa shape index (κ2) is 8.27. The number of piperidine rings is 1. The topological polar surface area (TPSA) is 95.7 Å². The van der Waals surface area contributed by atoms with Crippen LogP contribution in [0.3, 0.4) is 0 Å². The van der Waals surface area contributed by atoms with Gasteiger partial charge in [-0.1, -0.05) is 17.3 Å². The summed E-state index contributed by atoms with van der Waals surface area (Å²) >= 11 is 0. The van der Waals surface area contributed by atoms with Gasteiger partial charge in [0.15, 0.2) is 5.69 Å². The Kier molecular flexibility index (Phi) is 5.56. The van der Waals surface area contributed by atoms with Crippen LogP contribution in [-0.2, 0) is 11.2 Å². The molecule has 154 valence electrons. The summed E-state index contributed by atoms with van der Waals surface area (Å²) in [5.41, 5.74) is 1.37. The van der Waals surface area contributed by atoms with Crippen LogP contribution in [0.25, 0.3) is 0 Å². The Labute approximate surface area is 170 Å². The van der Waals surface area contributed by atoms with Crippen LogP contribution in [0.2, 0.25) is 0 Å². The van der Waals surface area contributed by atoms with Crippen molar-refractivity contribution in [3.05, 3.63) is 47.3 Å². The van der Waals surface area contributed by atoms with E-state index in [9.17, 15) is 14.7 Å². The van der Waals surface area contributed by atoms with Gasteiger partial charge in [0.2, 0.25) is 5.91 Å². The van der Waals surface area contributed by atoms with Crippen molar-refractivity contribution in [2.45, 2.75) is 63.5 Å². The number of hydrogen-bond donors (Lipinski definition) is 2. The summed E-state index contributed by atoms with van der Waals surface area (Å²) in [7, 11) is 0. The molecule has 2 aliphatic rings. The summed E-state index contributed by atoms with van der Waals surface area (Å²) < 4.78 is 5.26. The third-order valence-electron chi connectivity index (χ3n) is 5.84. The van der Waals surface area contributed by atoms with Crippen molar-refractivity contribution in [1.82, 2.24) is 15.4 Å². The van der Waals surface area contributed by atoms with E-state index in [0.717, 1.165) is 37.0 Å². The van der Waals surface area contributed by atoms with Crippen LogP contribution < -0.4 is 5.32 Å². The van der Waals surface area contributed by atoms with Gasteiger partial charge in [0.1, 0.15) is 11.5 Å². The minimum absolute atomic E-state index is 0.0275. The number of likely N-dealkylation sites (tertiary alicyclic amines) is 1. The molecule has 4 rings (SSSR count). The molecule has 1 aromatic heterocycles. The molecule has 2 heterocycles. The third kappa shape index (κ3) is 4.78. The number of phenols is 1. The number of benzene rings is 1. The Bertz CT molecular complexity index is 872. The molecular weight excluding hydrogens is 370 g/mol. The van der Waals surface area contributed by atoms with Crippen molar-refractivity contribution in [2.24, 2.45) is 0 Å². The quantitative estimate of drug-likeness (QED) is 0.781.